The standard InChI is InChI=1S/C38H48N8O6/c1-25-19-26(20-29-23-46(41-34(25)29)24-52-38(50)51)21-33(36(48)44-17-15-43(16-18-44)30-9-11-42(2)12-10-30)40-37(49)45-13-7-27(8-14-45)31-22-28-5-3-4-6-32(28)39-35(31)47/h3-6,19-20,22-23,27,30,33H,7-18,21,24H2,1-2H3,(H,39,47)(H,40,49)(H,50,51). The molecule has 1 atom stereocenters. The van der Waals surface area contributed by atoms with E-state index in [0.717, 1.165) is 72.0 Å². The van der Waals surface area contributed by atoms with E-state index < -0.39 is 12.2 Å². The second-order valence-corrected chi connectivity index (χ2v) is 14.6. The minimum atomic E-state index is -1.38. The van der Waals surface area contributed by atoms with Crippen molar-refractivity contribution in [3.8, 4) is 0 Å². The Morgan fingerprint density at radius 3 is 2.40 bits per heavy atom. The molecule has 0 radical (unpaired) electrons. The maximum Gasteiger partial charge on any atom is 0.507 e. The van der Waals surface area contributed by atoms with Gasteiger partial charge in [-0.3, -0.25) is 14.5 Å². The fourth-order valence-corrected chi connectivity index (χ4v) is 8.17. The first-order chi connectivity index (χ1) is 25.1. The number of nitrogens with one attached hydrogen (secondary N) is 2. The molecular weight excluding hydrogens is 664 g/mol. The maximum absolute atomic E-state index is 14.3. The highest BCUT2D eigenvalue weighted by Crippen LogP contribution is 2.28. The summed E-state index contributed by atoms with van der Waals surface area (Å²) >= 11 is 0. The van der Waals surface area contributed by atoms with E-state index in [1.54, 1.807) is 11.1 Å². The highest BCUT2D eigenvalue weighted by molar-refractivity contribution is 5.88. The van der Waals surface area contributed by atoms with Crippen molar-refractivity contribution in [2.45, 2.75) is 63.8 Å². The van der Waals surface area contributed by atoms with E-state index in [1.165, 1.54) is 4.68 Å². The fraction of sp³-hybridized carbons (Fsp3) is 0.500. The van der Waals surface area contributed by atoms with Gasteiger partial charge in [0.2, 0.25) is 5.91 Å². The number of piperidine rings is 2. The number of amides is 3. The number of fused-ring (bicyclic) bond motifs is 2. The van der Waals surface area contributed by atoms with Crippen molar-refractivity contribution in [2.24, 2.45) is 0 Å². The van der Waals surface area contributed by atoms with Crippen LogP contribution in [-0.2, 0) is 22.7 Å². The van der Waals surface area contributed by atoms with Crippen LogP contribution in [0, 0.1) is 6.92 Å². The number of aryl methyl sites for hydroxylation is 1. The Kier molecular flexibility index (Phi) is 10.5. The van der Waals surface area contributed by atoms with Gasteiger partial charge >= 0.3 is 12.2 Å². The Bertz CT molecular complexity index is 1990. The molecule has 3 aliphatic rings. The number of hydrogen-bond donors (Lipinski definition) is 3. The molecule has 5 heterocycles. The minimum Gasteiger partial charge on any atom is -0.450 e. The number of carbonyl (C=O) groups is 3. The van der Waals surface area contributed by atoms with Crippen molar-refractivity contribution in [3.05, 3.63) is 75.7 Å². The Balaban J connectivity index is 1.05. The summed E-state index contributed by atoms with van der Waals surface area (Å²) in [5.41, 5.74) is 3.91. The molecule has 14 heteroatoms. The van der Waals surface area contributed by atoms with E-state index in [0.29, 0.717) is 50.6 Å². The highest BCUT2D eigenvalue weighted by atomic mass is 16.7. The van der Waals surface area contributed by atoms with Gasteiger partial charge in [-0.25, -0.2) is 14.3 Å². The number of carboxylic acid groups (broad SMARTS) is 1. The van der Waals surface area contributed by atoms with Gasteiger partial charge in [-0.05, 0) is 93.4 Å². The van der Waals surface area contributed by atoms with Gasteiger partial charge in [0.25, 0.3) is 5.56 Å². The molecule has 1 unspecified atom stereocenters. The smallest absolute Gasteiger partial charge is 0.450 e. The van der Waals surface area contributed by atoms with Crippen LogP contribution < -0.4 is 10.9 Å². The van der Waals surface area contributed by atoms with Gasteiger partial charge in [-0.2, -0.15) is 5.10 Å². The number of para-hydroxylation sites is 1. The molecule has 7 rings (SSSR count). The molecule has 3 amide bonds. The number of aromatic nitrogens is 3. The molecule has 2 aromatic carbocycles. The molecule has 0 saturated carbocycles. The van der Waals surface area contributed by atoms with Crippen LogP contribution in [0.3, 0.4) is 0 Å². The predicted octanol–water partition coefficient (Wildman–Crippen LogP) is 3.58. The second-order valence-electron chi connectivity index (χ2n) is 14.6. The molecule has 3 saturated heterocycles. The molecule has 3 fully saturated rings. The number of carbonyl (C=O) groups excluding carboxylic acids is 2. The van der Waals surface area contributed by atoms with Crippen LogP contribution in [-0.4, -0.2) is 129 Å². The zero-order valence-electron chi connectivity index (χ0n) is 29.9. The van der Waals surface area contributed by atoms with Crippen LogP contribution in [0.25, 0.3) is 21.8 Å². The lowest BCUT2D eigenvalue weighted by molar-refractivity contribution is -0.135. The summed E-state index contributed by atoms with van der Waals surface area (Å²) in [4.78, 5) is 63.5. The van der Waals surface area contributed by atoms with Crippen LogP contribution in [0.15, 0.2) is 53.5 Å². The maximum atomic E-state index is 14.3. The Morgan fingerprint density at radius 1 is 0.942 bits per heavy atom. The summed E-state index contributed by atoms with van der Waals surface area (Å²) in [6.45, 7) is 7.65. The van der Waals surface area contributed by atoms with Crippen LogP contribution in [0.2, 0.25) is 0 Å². The van der Waals surface area contributed by atoms with Gasteiger partial charge in [0, 0.05) is 74.4 Å². The molecule has 52 heavy (non-hydrogen) atoms. The van der Waals surface area contributed by atoms with Crippen molar-refractivity contribution in [2.75, 3.05) is 59.4 Å². The molecular formula is C38H48N8O6. The summed E-state index contributed by atoms with van der Waals surface area (Å²) in [6, 6.07) is 13.1. The van der Waals surface area contributed by atoms with Gasteiger partial charge in [0.1, 0.15) is 6.04 Å². The Labute approximate surface area is 302 Å². The zero-order chi connectivity index (χ0) is 36.4. The summed E-state index contributed by atoms with van der Waals surface area (Å²) in [7, 11) is 2.16. The summed E-state index contributed by atoms with van der Waals surface area (Å²) in [5, 5.41) is 18.3. The number of pyridine rings is 1. The summed E-state index contributed by atoms with van der Waals surface area (Å²) in [6.07, 6.45) is 4.20. The molecule has 0 bridgehead atoms. The molecule has 2 aromatic heterocycles. The lowest BCUT2D eigenvalue weighted by Crippen LogP contribution is -2.59. The third-order valence-corrected chi connectivity index (χ3v) is 11.1. The van der Waals surface area contributed by atoms with Crippen LogP contribution >= 0.6 is 0 Å². The number of rotatable bonds is 8. The predicted molar refractivity (Wildman–Crippen MR) is 196 cm³/mol. The molecule has 14 nitrogen and oxygen atoms in total. The van der Waals surface area contributed by atoms with Crippen molar-refractivity contribution in [1.29, 1.82) is 0 Å². The minimum absolute atomic E-state index is 0.0345. The fourth-order valence-electron chi connectivity index (χ4n) is 8.17. The molecule has 3 N–H and O–H groups in total. The first-order valence-electron chi connectivity index (χ1n) is 18.3. The van der Waals surface area contributed by atoms with Crippen molar-refractivity contribution < 1.29 is 24.2 Å². The normalized spacial score (nSPS) is 18.9. The van der Waals surface area contributed by atoms with Crippen molar-refractivity contribution >= 4 is 39.9 Å². The van der Waals surface area contributed by atoms with Crippen LogP contribution in [0.4, 0.5) is 9.59 Å². The molecule has 276 valence electrons. The third-order valence-electron chi connectivity index (χ3n) is 11.1. The average Bonchev–Trinajstić information content (AvgIpc) is 3.57. The topological polar surface area (TPSA) is 156 Å². The molecule has 4 aromatic rings. The molecule has 0 aliphatic carbocycles. The first kappa shape index (κ1) is 35.5. The number of hydrogen-bond acceptors (Lipinski definition) is 8. The molecule has 0 spiro atoms. The SMILES string of the molecule is Cc1cc(CC(NC(=O)N2CCC(c3cc4ccccc4[nH]c3=O)CC2)C(=O)N2CCN(C3CCN(C)CC3)CC2)cc2cn(COC(=O)O)nc12. The van der Waals surface area contributed by atoms with Crippen LogP contribution in [0.5, 0.6) is 0 Å². The van der Waals surface area contributed by atoms with E-state index >= 15 is 0 Å². The van der Waals surface area contributed by atoms with Gasteiger partial charge < -0.3 is 34.8 Å². The van der Waals surface area contributed by atoms with E-state index in [1.807, 2.05) is 54.3 Å². The largest absolute Gasteiger partial charge is 0.507 e. The number of H-pyrrole nitrogens is 1. The second kappa shape index (κ2) is 15.3. The number of aromatic amines is 1. The number of benzene rings is 2. The van der Waals surface area contributed by atoms with Gasteiger partial charge in [-0.15, -0.1) is 0 Å². The van der Waals surface area contributed by atoms with E-state index in [-0.39, 0.29) is 36.6 Å². The summed E-state index contributed by atoms with van der Waals surface area (Å²) < 4.78 is 6.12. The number of ether oxygens (including phenoxy) is 1. The summed E-state index contributed by atoms with van der Waals surface area (Å²) in [5.74, 6) is -0.0653. The molecule has 3 aliphatic heterocycles. The van der Waals surface area contributed by atoms with E-state index in [4.69, 9.17) is 5.11 Å². The Hall–Kier alpha value is -4.95. The van der Waals surface area contributed by atoms with Crippen LogP contribution in [0.1, 0.15) is 48.3 Å². The lowest BCUT2D eigenvalue weighted by atomic mass is 9.89. The average molecular weight is 713 g/mol. The van der Waals surface area contributed by atoms with Crippen molar-refractivity contribution in [3.63, 3.8) is 0 Å². The van der Waals surface area contributed by atoms with Gasteiger partial charge in [0.15, 0.2) is 6.73 Å². The lowest BCUT2D eigenvalue weighted by Gasteiger charge is -2.43. The van der Waals surface area contributed by atoms with Crippen molar-refractivity contribution in [1.82, 2.24) is 39.7 Å². The quantitative estimate of drug-likeness (QED) is 0.233. The van der Waals surface area contributed by atoms with Gasteiger partial charge in [-0.1, -0.05) is 24.3 Å². The first-order valence-corrected chi connectivity index (χ1v) is 18.3. The number of likely N-dealkylation sites (tertiary alicyclic amines) is 2. The van der Waals surface area contributed by atoms with E-state index in [2.05, 4.69) is 37.0 Å². The van der Waals surface area contributed by atoms with Gasteiger partial charge in [0.05, 0.1) is 5.52 Å². The number of nitrogens with zero attached hydrogens (tertiary/aromatic N) is 6. The third kappa shape index (κ3) is 7.92. The zero-order valence-corrected chi connectivity index (χ0v) is 29.9. The highest BCUT2D eigenvalue weighted by Gasteiger charge is 2.34. The Morgan fingerprint density at radius 2 is 1.67 bits per heavy atom. The van der Waals surface area contributed by atoms with E-state index in [9.17, 15) is 19.2 Å². The monoisotopic (exact) mass is 712 g/mol. The number of urea groups is 1. The number of piperazine rings is 1.